The Kier molecular flexibility index (Phi) is 7.99. The maximum atomic E-state index is 15.0. The molecule has 0 saturated carbocycles. The number of aliphatic carboxylic acids is 1. The molecule has 204 valence electrons. The molecule has 2 aromatic carbocycles. The number of thiophene rings is 1. The predicted octanol–water partition coefficient (Wildman–Crippen LogP) is 4.97. The molecule has 9 nitrogen and oxygen atoms in total. The summed E-state index contributed by atoms with van der Waals surface area (Å²) in [6.45, 7) is 0.368. The number of aromatic nitrogens is 1. The fourth-order valence-corrected chi connectivity index (χ4v) is 5.66. The van der Waals surface area contributed by atoms with Crippen molar-refractivity contribution in [1.82, 2.24) is 15.2 Å². The number of nitrogens with zero attached hydrogens (tertiary/aromatic N) is 2. The lowest BCUT2D eigenvalue weighted by molar-refractivity contribution is -0.141. The average Bonchev–Trinajstić information content (AvgIpc) is 3.59. The first kappa shape index (κ1) is 27.2. The van der Waals surface area contributed by atoms with Gasteiger partial charge in [-0.2, -0.15) is 0 Å². The molecular formula is C28H23FN4O5S2. The second kappa shape index (κ2) is 11.8. The fraction of sp³-hybridized carbons (Fsp3) is 0.179. The molecule has 0 spiro atoms. The Morgan fingerprint density at radius 2 is 1.93 bits per heavy atom. The third kappa shape index (κ3) is 6.08. The number of thiocarbonyl (C=S) groups is 1. The number of carboxylic acid groups (broad SMARTS) is 1. The minimum atomic E-state index is -1.03. The van der Waals surface area contributed by atoms with Gasteiger partial charge in [0, 0.05) is 30.6 Å². The number of hydrogen-bond donors (Lipinski definition) is 3. The van der Waals surface area contributed by atoms with E-state index in [-0.39, 0.29) is 29.1 Å². The third-order valence-corrected chi connectivity index (χ3v) is 7.59. The quantitative estimate of drug-likeness (QED) is 0.263. The van der Waals surface area contributed by atoms with Crippen molar-refractivity contribution < 1.29 is 28.6 Å². The van der Waals surface area contributed by atoms with Crippen LogP contribution in [0.25, 0.3) is 10.2 Å². The van der Waals surface area contributed by atoms with Gasteiger partial charge in [0.15, 0.2) is 16.7 Å². The van der Waals surface area contributed by atoms with Gasteiger partial charge in [-0.15, -0.1) is 11.3 Å². The Balaban J connectivity index is 1.26. The van der Waals surface area contributed by atoms with Crippen LogP contribution >= 0.6 is 23.6 Å². The maximum Gasteiger partial charge on any atom is 0.326 e. The molecule has 1 unspecified atom stereocenters. The number of nitrogens with one attached hydrogen (secondary N) is 2. The Bertz CT molecular complexity index is 1610. The number of fused-ring (bicyclic) bond motifs is 1. The van der Waals surface area contributed by atoms with Crippen molar-refractivity contribution in [2.24, 2.45) is 0 Å². The van der Waals surface area contributed by atoms with E-state index in [1.165, 1.54) is 23.2 Å². The molecule has 2 aromatic heterocycles. The molecule has 3 heterocycles. The van der Waals surface area contributed by atoms with E-state index >= 15 is 0 Å². The molecule has 0 aliphatic carbocycles. The van der Waals surface area contributed by atoms with E-state index in [4.69, 9.17) is 17.0 Å². The molecule has 3 N–H and O–H groups in total. The van der Waals surface area contributed by atoms with Gasteiger partial charge >= 0.3 is 5.97 Å². The highest BCUT2D eigenvalue weighted by Gasteiger charge is 2.35. The number of carbonyl (C=O) groups excluding carboxylic acids is 2. The van der Waals surface area contributed by atoms with Gasteiger partial charge in [-0.05, 0) is 48.8 Å². The summed E-state index contributed by atoms with van der Waals surface area (Å²) in [4.78, 5) is 42.7. The van der Waals surface area contributed by atoms with Gasteiger partial charge in [-0.3, -0.25) is 14.6 Å². The predicted molar refractivity (Wildman–Crippen MR) is 152 cm³/mol. The van der Waals surface area contributed by atoms with Gasteiger partial charge in [-0.25, -0.2) is 9.18 Å². The van der Waals surface area contributed by atoms with Crippen LogP contribution in [0.3, 0.4) is 0 Å². The van der Waals surface area contributed by atoms with E-state index in [1.54, 1.807) is 18.2 Å². The Morgan fingerprint density at radius 3 is 2.67 bits per heavy atom. The summed E-state index contributed by atoms with van der Waals surface area (Å²) < 4.78 is 21.3. The number of carbonyl (C=O) groups is 3. The zero-order valence-electron chi connectivity index (χ0n) is 20.9. The summed E-state index contributed by atoms with van der Waals surface area (Å²) in [5.74, 6) is -2.16. The second-order valence-corrected chi connectivity index (χ2v) is 10.5. The van der Waals surface area contributed by atoms with E-state index in [1.807, 2.05) is 30.3 Å². The first-order valence-corrected chi connectivity index (χ1v) is 13.6. The van der Waals surface area contributed by atoms with Gasteiger partial charge < -0.3 is 25.4 Å². The third-order valence-electron chi connectivity index (χ3n) is 6.26. The number of ether oxygens (including phenoxy) is 1. The summed E-state index contributed by atoms with van der Waals surface area (Å²) in [5, 5.41) is 14.8. The first-order valence-electron chi connectivity index (χ1n) is 12.3. The molecule has 0 radical (unpaired) electrons. The summed E-state index contributed by atoms with van der Waals surface area (Å²) in [7, 11) is 0. The van der Waals surface area contributed by atoms with Gasteiger partial charge in [0.2, 0.25) is 5.91 Å². The fourth-order valence-electron chi connectivity index (χ4n) is 4.40. The van der Waals surface area contributed by atoms with Crippen LogP contribution < -0.4 is 15.4 Å². The molecule has 1 aliphatic rings. The number of benzene rings is 2. The summed E-state index contributed by atoms with van der Waals surface area (Å²) in [6.07, 6.45) is 2.67. The number of amides is 2. The largest absolute Gasteiger partial charge is 0.480 e. The standard InChI is InChI=1S/C28H23FN4O5S2/c29-18-14-17(31-28(39)32-24(34)13-16-5-2-1-3-6-16)8-9-21(18)38-22-10-11-30-19-15-23(40-25(19)22)26(35)33-12-4-7-20(33)27(36)37/h1-3,5-6,8-11,14-15,20H,4,7,12-13H2,(H,36,37)(H2,31,32,34,39). The molecule has 1 fully saturated rings. The van der Waals surface area contributed by atoms with Crippen LogP contribution in [-0.4, -0.2) is 50.5 Å². The highest BCUT2D eigenvalue weighted by atomic mass is 32.1. The van der Waals surface area contributed by atoms with E-state index in [9.17, 15) is 23.9 Å². The van der Waals surface area contributed by atoms with Crippen LogP contribution in [-0.2, 0) is 16.0 Å². The summed E-state index contributed by atoms with van der Waals surface area (Å²) >= 11 is 6.29. The Morgan fingerprint density at radius 1 is 1.12 bits per heavy atom. The molecule has 0 bridgehead atoms. The zero-order valence-corrected chi connectivity index (χ0v) is 22.6. The van der Waals surface area contributed by atoms with Crippen molar-refractivity contribution in [3.05, 3.63) is 83.1 Å². The van der Waals surface area contributed by atoms with Gasteiger partial charge in [0.05, 0.1) is 21.5 Å². The van der Waals surface area contributed by atoms with E-state index in [0.717, 1.165) is 16.9 Å². The number of anilines is 1. The van der Waals surface area contributed by atoms with Crippen molar-refractivity contribution in [2.75, 3.05) is 11.9 Å². The highest BCUT2D eigenvalue weighted by Crippen LogP contribution is 2.37. The molecule has 1 atom stereocenters. The molecule has 4 aromatic rings. The lowest BCUT2D eigenvalue weighted by Crippen LogP contribution is -2.40. The van der Waals surface area contributed by atoms with E-state index < -0.39 is 17.8 Å². The minimum Gasteiger partial charge on any atom is -0.480 e. The number of hydrogen-bond acceptors (Lipinski definition) is 7. The highest BCUT2D eigenvalue weighted by molar-refractivity contribution is 7.80. The Hall–Kier alpha value is -4.42. The summed E-state index contributed by atoms with van der Waals surface area (Å²) in [6, 6.07) is 15.6. The number of carboxylic acids is 1. The van der Waals surface area contributed by atoms with Crippen molar-refractivity contribution in [3.8, 4) is 11.5 Å². The number of halogens is 1. The molecule has 5 rings (SSSR count). The van der Waals surface area contributed by atoms with Crippen LogP contribution in [0.5, 0.6) is 11.5 Å². The molecule has 1 aliphatic heterocycles. The van der Waals surface area contributed by atoms with Crippen LogP contribution in [0.4, 0.5) is 10.1 Å². The zero-order chi connectivity index (χ0) is 28.2. The van der Waals surface area contributed by atoms with Gasteiger partial charge in [0.1, 0.15) is 11.8 Å². The van der Waals surface area contributed by atoms with Crippen LogP contribution in [0.1, 0.15) is 28.1 Å². The number of rotatable bonds is 7. The molecule has 1 saturated heterocycles. The van der Waals surface area contributed by atoms with Gasteiger partial charge in [0.25, 0.3) is 5.91 Å². The Labute approximate surface area is 237 Å². The van der Waals surface area contributed by atoms with Crippen LogP contribution in [0, 0.1) is 5.82 Å². The maximum absolute atomic E-state index is 15.0. The van der Waals surface area contributed by atoms with Crippen molar-refractivity contribution in [3.63, 3.8) is 0 Å². The van der Waals surface area contributed by atoms with Gasteiger partial charge in [-0.1, -0.05) is 30.3 Å². The van der Waals surface area contributed by atoms with Crippen LogP contribution in [0.15, 0.2) is 66.9 Å². The van der Waals surface area contributed by atoms with Crippen molar-refractivity contribution in [2.45, 2.75) is 25.3 Å². The lowest BCUT2D eigenvalue weighted by atomic mass is 10.1. The second-order valence-electron chi connectivity index (χ2n) is 9.04. The normalized spacial score (nSPS) is 14.6. The topological polar surface area (TPSA) is 121 Å². The number of likely N-dealkylation sites (tertiary alicyclic amines) is 1. The number of pyridine rings is 1. The van der Waals surface area contributed by atoms with Crippen molar-refractivity contribution >= 4 is 62.4 Å². The molecular weight excluding hydrogens is 555 g/mol. The lowest BCUT2D eigenvalue weighted by Gasteiger charge is -2.20. The van der Waals surface area contributed by atoms with Crippen molar-refractivity contribution in [1.29, 1.82) is 0 Å². The monoisotopic (exact) mass is 578 g/mol. The molecule has 12 heteroatoms. The molecule has 40 heavy (non-hydrogen) atoms. The van der Waals surface area contributed by atoms with E-state index in [2.05, 4.69) is 15.6 Å². The summed E-state index contributed by atoms with van der Waals surface area (Å²) in [5.41, 5.74) is 1.63. The molecule has 2 amide bonds. The first-order chi connectivity index (χ1) is 19.3. The average molecular weight is 579 g/mol. The smallest absolute Gasteiger partial charge is 0.326 e. The van der Waals surface area contributed by atoms with E-state index in [0.29, 0.717) is 45.9 Å². The SMILES string of the molecule is O=C(Cc1ccccc1)NC(=S)Nc1ccc(Oc2ccnc3cc(C(=O)N4CCCC4C(=O)O)sc23)c(F)c1. The minimum absolute atomic E-state index is 0.0313. The van der Waals surface area contributed by atoms with Crippen LogP contribution in [0.2, 0.25) is 0 Å².